The van der Waals surface area contributed by atoms with Crippen molar-refractivity contribution >= 4 is 11.7 Å². The Morgan fingerprint density at radius 2 is 2.00 bits per heavy atom. The van der Waals surface area contributed by atoms with Gasteiger partial charge in [0.15, 0.2) is 0 Å². The number of carbonyl (C=O) groups is 1. The molecule has 1 fully saturated rings. The molecule has 7 heteroatoms. The van der Waals surface area contributed by atoms with Gasteiger partial charge in [0.1, 0.15) is 6.26 Å². The van der Waals surface area contributed by atoms with Gasteiger partial charge in [-0.05, 0) is 37.5 Å². The number of likely N-dealkylation sites (tertiary alicyclic amines) is 1. The lowest BCUT2D eigenvalue weighted by molar-refractivity contribution is 0.190. The SMILES string of the molecule is Cc1ccccc1NC(=O)N1CCC(c2nnc(-c3ccoc3)o2)CC1. The van der Waals surface area contributed by atoms with Crippen LogP contribution in [0.25, 0.3) is 11.5 Å². The van der Waals surface area contributed by atoms with Crippen LogP contribution in [-0.2, 0) is 0 Å². The molecule has 3 heterocycles. The third kappa shape index (κ3) is 3.33. The Hall–Kier alpha value is -3.09. The number of urea groups is 1. The Balaban J connectivity index is 1.35. The number of anilines is 1. The molecule has 0 atom stereocenters. The van der Waals surface area contributed by atoms with Crippen molar-refractivity contribution < 1.29 is 13.6 Å². The van der Waals surface area contributed by atoms with E-state index >= 15 is 0 Å². The highest BCUT2D eigenvalue weighted by Crippen LogP contribution is 2.29. The molecular formula is C19H20N4O3. The number of benzene rings is 1. The van der Waals surface area contributed by atoms with Gasteiger partial charge in [-0.3, -0.25) is 0 Å². The van der Waals surface area contributed by atoms with Gasteiger partial charge in [0.05, 0.1) is 11.8 Å². The lowest BCUT2D eigenvalue weighted by Gasteiger charge is -2.30. The molecular weight excluding hydrogens is 332 g/mol. The number of aromatic nitrogens is 2. The second-order valence-electron chi connectivity index (χ2n) is 6.46. The first-order valence-electron chi connectivity index (χ1n) is 8.68. The second-order valence-corrected chi connectivity index (χ2v) is 6.46. The molecule has 0 unspecified atom stereocenters. The van der Waals surface area contributed by atoms with Crippen LogP contribution in [0.4, 0.5) is 10.5 Å². The van der Waals surface area contributed by atoms with Gasteiger partial charge >= 0.3 is 6.03 Å². The maximum Gasteiger partial charge on any atom is 0.321 e. The topological polar surface area (TPSA) is 84.4 Å². The molecule has 1 saturated heterocycles. The minimum atomic E-state index is -0.0673. The average Bonchev–Trinajstić information content (AvgIpc) is 3.35. The number of rotatable bonds is 3. The molecule has 0 spiro atoms. The summed E-state index contributed by atoms with van der Waals surface area (Å²) in [7, 11) is 0. The number of para-hydroxylation sites is 1. The quantitative estimate of drug-likeness (QED) is 0.769. The van der Waals surface area contributed by atoms with Crippen molar-refractivity contribution in [1.29, 1.82) is 0 Å². The Morgan fingerprint density at radius 3 is 2.73 bits per heavy atom. The molecule has 1 aliphatic rings. The van der Waals surface area contributed by atoms with Gasteiger partial charge in [-0.15, -0.1) is 10.2 Å². The van der Waals surface area contributed by atoms with E-state index in [2.05, 4.69) is 15.5 Å². The normalized spacial score (nSPS) is 15.2. The Kier molecular flexibility index (Phi) is 4.43. The zero-order chi connectivity index (χ0) is 17.9. The number of hydrogen-bond donors (Lipinski definition) is 1. The number of aryl methyl sites for hydroxylation is 1. The predicted octanol–water partition coefficient (Wildman–Crippen LogP) is 4.05. The molecule has 0 bridgehead atoms. The van der Waals surface area contributed by atoms with Crippen LogP contribution in [0.3, 0.4) is 0 Å². The van der Waals surface area contributed by atoms with Crippen LogP contribution < -0.4 is 5.32 Å². The van der Waals surface area contributed by atoms with Gasteiger partial charge in [-0.2, -0.15) is 0 Å². The van der Waals surface area contributed by atoms with E-state index in [1.165, 1.54) is 0 Å². The summed E-state index contributed by atoms with van der Waals surface area (Å²) in [6.07, 6.45) is 4.75. The van der Waals surface area contributed by atoms with Gasteiger partial charge < -0.3 is 19.1 Å². The van der Waals surface area contributed by atoms with Crippen LogP contribution in [0, 0.1) is 6.92 Å². The monoisotopic (exact) mass is 352 g/mol. The third-order valence-electron chi connectivity index (χ3n) is 4.73. The Bertz CT molecular complexity index is 880. The molecule has 0 aliphatic carbocycles. The summed E-state index contributed by atoms with van der Waals surface area (Å²) in [6.45, 7) is 3.30. The van der Waals surface area contributed by atoms with Gasteiger partial charge in [0.25, 0.3) is 5.89 Å². The van der Waals surface area contributed by atoms with E-state index in [0.29, 0.717) is 24.9 Å². The van der Waals surface area contributed by atoms with Gasteiger partial charge in [-0.25, -0.2) is 4.79 Å². The van der Waals surface area contributed by atoms with Crippen LogP contribution in [-0.4, -0.2) is 34.2 Å². The second kappa shape index (κ2) is 7.03. The first kappa shape index (κ1) is 16.4. The van der Waals surface area contributed by atoms with Crippen molar-refractivity contribution in [2.75, 3.05) is 18.4 Å². The molecule has 1 aromatic carbocycles. The van der Waals surface area contributed by atoms with Crippen LogP contribution >= 0.6 is 0 Å². The van der Waals surface area contributed by atoms with E-state index in [0.717, 1.165) is 29.7 Å². The van der Waals surface area contributed by atoms with Crippen molar-refractivity contribution in [2.45, 2.75) is 25.7 Å². The van der Waals surface area contributed by atoms with Gasteiger partial charge in [-0.1, -0.05) is 18.2 Å². The summed E-state index contributed by atoms with van der Waals surface area (Å²) in [4.78, 5) is 14.3. The van der Waals surface area contributed by atoms with E-state index in [9.17, 15) is 4.79 Å². The van der Waals surface area contributed by atoms with Crippen LogP contribution in [0.1, 0.15) is 30.2 Å². The summed E-state index contributed by atoms with van der Waals surface area (Å²) in [5.74, 6) is 1.26. The van der Waals surface area contributed by atoms with Crippen LogP contribution in [0.2, 0.25) is 0 Å². The molecule has 4 rings (SSSR count). The molecule has 0 radical (unpaired) electrons. The van der Waals surface area contributed by atoms with Gasteiger partial charge in [0.2, 0.25) is 5.89 Å². The van der Waals surface area contributed by atoms with Crippen molar-refractivity contribution in [1.82, 2.24) is 15.1 Å². The fraction of sp³-hybridized carbons (Fsp3) is 0.316. The number of nitrogens with one attached hydrogen (secondary N) is 1. The lowest BCUT2D eigenvalue weighted by atomic mass is 9.97. The Morgan fingerprint density at radius 1 is 1.19 bits per heavy atom. The fourth-order valence-corrected chi connectivity index (χ4v) is 3.14. The van der Waals surface area contributed by atoms with E-state index in [1.54, 1.807) is 18.6 Å². The van der Waals surface area contributed by atoms with Crippen LogP contribution in [0.15, 0.2) is 51.7 Å². The molecule has 134 valence electrons. The first-order valence-corrected chi connectivity index (χ1v) is 8.68. The van der Waals surface area contributed by atoms with Crippen molar-refractivity contribution in [3.05, 3.63) is 54.3 Å². The first-order chi connectivity index (χ1) is 12.7. The molecule has 2 amide bonds. The largest absolute Gasteiger partial charge is 0.472 e. The van der Waals surface area contributed by atoms with E-state index in [4.69, 9.17) is 8.83 Å². The summed E-state index contributed by atoms with van der Waals surface area (Å²) in [5.41, 5.74) is 2.67. The lowest BCUT2D eigenvalue weighted by Crippen LogP contribution is -2.40. The maximum atomic E-state index is 12.5. The smallest absolute Gasteiger partial charge is 0.321 e. The third-order valence-corrected chi connectivity index (χ3v) is 4.73. The summed E-state index contributed by atoms with van der Waals surface area (Å²) < 4.78 is 10.8. The van der Waals surface area contributed by atoms with E-state index in [-0.39, 0.29) is 11.9 Å². The molecule has 1 N–H and O–H groups in total. The Labute approximate surface area is 151 Å². The number of carbonyl (C=O) groups excluding carboxylic acids is 1. The highest BCUT2D eigenvalue weighted by Gasteiger charge is 2.27. The molecule has 1 aliphatic heterocycles. The highest BCUT2D eigenvalue weighted by molar-refractivity contribution is 5.90. The zero-order valence-corrected chi connectivity index (χ0v) is 14.5. The van der Waals surface area contributed by atoms with Gasteiger partial charge in [0, 0.05) is 24.7 Å². The van der Waals surface area contributed by atoms with Crippen molar-refractivity contribution in [2.24, 2.45) is 0 Å². The van der Waals surface area contributed by atoms with Crippen molar-refractivity contribution in [3.63, 3.8) is 0 Å². The molecule has 2 aromatic heterocycles. The maximum absolute atomic E-state index is 12.5. The number of piperidine rings is 1. The fourth-order valence-electron chi connectivity index (χ4n) is 3.14. The minimum absolute atomic E-state index is 0.0673. The average molecular weight is 352 g/mol. The van der Waals surface area contributed by atoms with E-state index < -0.39 is 0 Å². The van der Waals surface area contributed by atoms with Crippen LogP contribution in [0.5, 0.6) is 0 Å². The summed E-state index contributed by atoms with van der Waals surface area (Å²) in [5, 5.41) is 11.2. The molecule has 7 nitrogen and oxygen atoms in total. The number of furan rings is 1. The predicted molar refractivity (Wildman–Crippen MR) is 95.7 cm³/mol. The standard InChI is InChI=1S/C19H20N4O3/c1-13-4-2-3-5-16(13)20-19(24)23-9-6-14(7-10-23)17-21-22-18(26-17)15-8-11-25-12-15/h2-5,8,11-12,14H,6-7,9-10H2,1H3,(H,20,24). The highest BCUT2D eigenvalue weighted by atomic mass is 16.4. The molecule has 3 aromatic rings. The molecule has 0 saturated carbocycles. The zero-order valence-electron chi connectivity index (χ0n) is 14.5. The number of nitrogens with zero attached hydrogens (tertiary/aromatic N) is 3. The summed E-state index contributed by atoms with van der Waals surface area (Å²) >= 11 is 0. The molecule has 26 heavy (non-hydrogen) atoms. The van der Waals surface area contributed by atoms with E-state index in [1.807, 2.05) is 36.1 Å². The number of hydrogen-bond acceptors (Lipinski definition) is 5. The van der Waals surface area contributed by atoms with Crippen molar-refractivity contribution in [3.8, 4) is 11.5 Å². The number of amides is 2. The summed E-state index contributed by atoms with van der Waals surface area (Å²) in [6, 6.07) is 9.49. The minimum Gasteiger partial charge on any atom is -0.472 e.